The number of aromatic nitrogens is 3. The fourth-order valence-corrected chi connectivity index (χ4v) is 8.00. The maximum Gasteiger partial charge on any atom is 0.305 e. The Labute approximate surface area is 244 Å². The van der Waals surface area contributed by atoms with Crippen molar-refractivity contribution in [2.45, 2.75) is 70.4 Å². The van der Waals surface area contributed by atoms with Crippen LogP contribution in [0.25, 0.3) is 0 Å². The first-order valence-electron chi connectivity index (χ1n) is 15.7. The van der Waals surface area contributed by atoms with Crippen LogP contribution in [0.2, 0.25) is 0 Å². The number of carbonyl (C=O) groups is 1. The van der Waals surface area contributed by atoms with Gasteiger partial charge in [-0.2, -0.15) is 0 Å². The van der Waals surface area contributed by atoms with Gasteiger partial charge in [-0.1, -0.05) is 55.0 Å². The number of esters is 1. The minimum Gasteiger partial charge on any atom is -0.462 e. The van der Waals surface area contributed by atoms with E-state index in [0.29, 0.717) is 12.3 Å². The van der Waals surface area contributed by atoms with E-state index in [4.69, 9.17) is 4.74 Å². The molecule has 2 aliphatic heterocycles. The summed E-state index contributed by atoms with van der Waals surface area (Å²) in [4.78, 5) is 17.7. The standard InChI is InChI=1S/C34H45N5O2/c1-3-33(40)41-32-11-7-10-31(32)34(23-38-24-35-36-25-38,28-8-5-4-6-9-28)29-16-18-37(19-17-29)20-27-21-39(22-27)30-14-12-26(2)13-15-30/h4-6,8-9,12-15,24-25,27,29,31-32H,3,7,10-11,16-23H2,1-2H3/t31-,32-,34-/m0/s1. The molecule has 0 amide bonds. The van der Waals surface area contributed by atoms with Crippen molar-refractivity contribution in [1.82, 2.24) is 19.7 Å². The fourth-order valence-electron chi connectivity index (χ4n) is 8.00. The summed E-state index contributed by atoms with van der Waals surface area (Å²) in [6.07, 6.45) is 9.51. The van der Waals surface area contributed by atoms with Crippen LogP contribution in [0.3, 0.4) is 0 Å². The highest BCUT2D eigenvalue weighted by Gasteiger charge is 2.53. The summed E-state index contributed by atoms with van der Waals surface area (Å²) in [5.74, 6) is 1.41. The van der Waals surface area contributed by atoms with Gasteiger partial charge in [0.05, 0.1) is 0 Å². The largest absolute Gasteiger partial charge is 0.462 e. The van der Waals surface area contributed by atoms with E-state index < -0.39 is 0 Å². The van der Waals surface area contributed by atoms with Crippen molar-refractivity contribution in [2.24, 2.45) is 17.8 Å². The van der Waals surface area contributed by atoms with Crippen LogP contribution in [0.1, 0.15) is 56.6 Å². The first-order valence-corrected chi connectivity index (χ1v) is 15.7. The molecular weight excluding hydrogens is 510 g/mol. The zero-order valence-electron chi connectivity index (χ0n) is 24.7. The van der Waals surface area contributed by atoms with Crippen LogP contribution < -0.4 is 4.90 Å². The molecule has 7 nitrogen and oxygen atoms in total. The van der Waals surface area contributed by atoms with E-state index in [9.17, 15) is 4.79 Å². The third-order valence-corrected chi connectivity index (χ3v) is 10.1. The summed E-state index contributed by atoms with van der Waals surface area (Å²) >= 11 is 0. The van der Waals surface area contributed by atoms with E-state index in [2.05, 4.69) is 86.1 Å². The van der Waals surface area contributed by atoms with Gasteiger partial charge in [-0.15, -0.1) is 10.2 Å². The lowest BCUT2D eigenvalue weighted by molar-refractivity contribution is -0.152. The van der Waals surface area contributed by atoms with Crippen LogP contribution in [0.15, 0.2) is 67.3 Å². The van der Waals surface area contributed by atoms with Gasteiger partial charge in [-0.3, -0.25) is 4.79 Å². The van der Waals surface area contributed by atoms with E-state index in [0.717, 1.165) is 70.7 Å². The Morgan fingerprint density at radius 1 is 0.951 bits per heavy atom. The van der Waals surface area contributed by atoms with Gasteiger partial charge in [0, 0.05) is 55.5 Å². The lowest BCUT2D eigenvalue weighted by Gasteiger charge is -2.51. The molecule has 1 saturated carbocycles. The van der Waals surface area contributed by atoms with E-state index in [1.165, 1.54) is 23.4 Å². The number of hydrogen-bond acceptors (Lipinski definition) is 6. The van der Waals surface area contributed by atoms with Crippen LogP contribution in [0.4, 0.5) is 5.69 Å². The van der Waals surface area contributed by atoms with Gasteiger partial charge in [0.1, 0.15) is 18.8 Å². The van der Waals surface area contributed by atoms with Gasteiger partial charge >= 0.3 is 5.97 Å². The summed E-state index contributed by atoms with van der Waals surface area (Å²) < 4.78 is 8.32. The maximum absolute atomic E-state index is 12.5. The Hall–Kier alpha value is -3.19. The van der Waals surface area contributed by atoms with Crippen molar-refractivity contribution in [3.63, 3.8) is 0 Å². The lowest BCUT2D eigenvalue weighted by atomic mass is 9.58. The van der Waals surface area contributed by atoms with Crippen LogP contribution >= 0.6 is 0 Å². The van der Waals surface area contributed by atoms with Crippen molar-refractivity contribution in [3.05, 3.63) is 78.4 Å². The predicted molar refractivity (Wildman–Crippen MR) is 162 cm³/mol. The molecule has 6 rings (SSSR count). The Balaban J connectivity index is 1.20. The monoisotopic (exact) mass is 555 g/mol. The average Bonchev–Trinajstić information content (AvgIpc) is 3.67. The molecule has 41 heavy (non-hydrogen) atoms. The van der Waals surface area contributed by atoms with Crippen LogP contribution in [0, 0.1) is 24.7 Å². The van der Waals surface area contributed by atoms with Crippen molar-refractivity contribution in [1.29, 1.82) is 0 Å². The van der Waals surface area contributed by atoms with Gasteiger partial charge in [0.25, 0.3) is 0 Å². The second-order valence-electron chi connectivity index (χ2n) is 12.6. The number of carbonyl (C=O) groups excluding carboxylic acids is 1. The summed E-state index contributed by atoms with van der Waals surface area (Å²) in [5, 5.41) is 8.32. The molecule has 1 aromatic heterocycles. The molecule has 0 bridgehead atoms. The number of rotatable bonds is 10. The fraction of sp³-hybridized carbons (Fsp3) is 0.559. The van der Waals surface area contributed by atoms with E-state index in [1.54, 1.807) is 0 Å². The number of anilines is 1. The number of benzene rings is 2. The van der Waals surface area contributed by atoms with Crippen molar-refractivity contribution in [3.8, 4) is 0 Å². The zero-order chi connectivity index (χ0) is 28.2. The molecule has 1 aliphatic carbocycles. The zero-order valence-corrected chi connectivity index (χ0v) is 24.7. The van der Waals surface area contributed by atoms with E-state index in [1.807, 2.05) is 19.6 Å². The lowest BCUT2D eigenvalue weighted by Crippen LogP contribution is -2.55. The molecule has 3 heterocycles. The molecule has 3 aliphatic rings. The molecule has 3 atom stereocenters. The molecule has 2 saturated heterocycles. The molecular formula is C34H45N5O2. The van der Waals surface area contributed by atoms with Gasteiger partial charge in [0.2, 0.25) is 0 Å². The topological polar surface area (TPSA) is 63.5 Å². The molecule has 3 fully saturated rings. The highest BCUT2D eigenvalue weighted by molar-refractivity contribution is 5.69. The SMILES string of the molecule is CCC(=O)O[C@H]1CCC[C@@H]1[C@@](Cn1cnnc1)(c1ccccc1)C1CCN(CC2CN(c3ccc(C)cc3)C2)CC1. The minimum absolute atomic E-state index is 0.0418. The van der Waals surface area contributed by atoms with Gasteiger partial charge in [-0.25, -0.2) is 0 Å². The van der Waals surface area contributed by atoms with Crippen LogP contribution in [0.5, 0.6) is 0 Å². The Bertz CT molecular complexity index is 1250. The number of ether oxygens (including phenoxy) is 1. The first kappa shape index (κ1) is 28.0. The number of nitrogens with zero attached hydrogens (tertiary/aromatic N) is 5. The van der Waals surface area contributed by atoms with Crippen molar-refractivity contribution >= 4 is 11.7 Å². The number of piperidine rings is 1. The van der Waals surface area contributed by atoms with Crippen LogP contribution in [-0.2, 0) is 21.5 Å². The highest BCUT2D eigenvalue weighted by atomic mass is 16.5. The third-order valence-electron chi connectivity index (χ3n) is 10.1. The van der Waals surface area contributed by atoms with E-state index >= 15 is 0 Å². The molecule has 0 unspecified atom stereocenters. The van der Waals surface area contributed by atoms with Gasteiger partial charge in [0.15, 0.2) is 0 Å². The third kappa shape index (κ3) is 5.92. The molecule has 2 aromatic carbocycles. The molecule has 0 spiro atoms. The molecule has 0 N–H and O–H groups in total. The number of hydrogen-bond donors (Lipinski definition) is 0. The Morgan fingerprint density at radius 3 is 2.34 bits per heavy atom. The second kappa shape index (κ2) is 12.4. The van der Waals surface area contributed by atoms with Gasteiger partial charge in [-0.05, 0) is 75.7 Å². The molecule has 218 valence electrons. The summed E-state index contributed by atoms with van der Waals surface area (Å²) in [7, 11) is 0. The summed E-state index contributed by atoms with van der Waals surface area (Å²) in [6.45, 7) is 10.6. The minimum atomic E-state index is -0.149. The quantitative estimate of drug-likeness (QED) is 0.308. The summed E-state index contributed by atoms with van der Waals surface area (Å²) in [6, 6.07) is 20.0. The second-order valence-corrected chi connectivity index (χ2v) is 12.6. The number of likely N-dealkylation sites (tertiary alicyclic amines) is 1. The maximum atomic E-state index is 12.5. The average molecular weight is 556 g/mol. The van der Waals surface area contributed by atoms with E-state index in [-0.39, 0.29) is 23.4 Å². The molecule has 7 heteroatoms. The smallest absolute Gasteiger partial charge is 0.305 e. The molecule has 0 radical (unpaired) electrons. The van der Waals surface area contributed by atoms with Gasteiger partial charge < -0.3 is 19.1 Å². The van der Waals surface area contributed by atoms with Crippen LogP contribution in [-0.4, -0.2) is 64.5 Å². The van der Waals surface area contributed by atoms with Crippen molar-refractivity contribution < 1.29 is 9.53 Å². The highest BCUT2D eigenvalue weighted by Crippen LogP contribution is 2.52. The molecule has 3 aromatic rings. The predicted octanol–water partition coefficient (Wildman–Crippen LogP) is 5.49. The normalized spacial score (nSPS) is 23.7. The Morgan fingerprint density at radius 2 is 1.66 bits per heavy atom. The van der Waals surface area contributed by atoms with Crippen molar-refractivity contribution in [2.75, 3.05) is 37.6 Å². The first-order chi connectivity index (χ1) is 20.0. The number of aryl methyl sites for hydroxylation is 1. The summed E-state index contributed by atoms with van der Waals surface area (Å²) in [5.41, 5.74) is 3.88. The Kier molecular flexibility index (Phi) is 8.42.